The molecule has 3 rings (SSSR count). The molecule has 0 aliphatic carbocycles. The van der Waals surface area contributed by atoms with Gasteiger partial charge in [0, 0.05) is 28.2 Å². The van der Waals surface area contributed by atoms with E-state index in [0.29, 0.717) is 18.0 Å². The van der Waals surface area contributed by atoms with Crippen LogP contribution in [0.15, 0.2) is 30.3 Å². The van der Waals surface area contributed by atoms with Crippen LogP contribution in [0.25, 0.3) is 10.1 Å². The van der Waals surface area contributed by atoms with Gasteiger partial charge in [0.2, 0.25) is 0 Å². The van der Waals surface area contributed by atoms with Crippen LogP contribution in [-0.4, -0.2) is 24.0 Å². The summed E-state index contributed by atoms with van der Waals surface area (Å²) in [7, 11) is 0. The van der Waals surface area contributed by atoms with Gasteiger partial charge in [-0.2, -0.15) is 0 Å². The molecule has 3 unspecified atom stereocenters. The zero-order valence-electron chi connectivity index (χ0n) is 12.4. The maximum atomic E-state index is 5.89. The number of likely N-dealkylation sites (tertiary alicyclic amines) is 1. The van der Waals surface area contributed by atoms with Crippen LogP contribution in [0.3, 0.4) is 0 Å². The standard InChI is InChI=1S/C17H24N2S/c1-12-7-8-14(10-18)11-19(12)13(2)17-9-15-5-3-4-6-16(15)20-17/h3-6,9,12-14H,7-8,10-11,18H2,1-2H3. The lowest BCUT2D eigenvalue weighted by Gasteiger charge is -2.41. The highest BCUT2D eigenvalue weighted by atomic mass is 32.1. The highest BCUT2D eigenvalue weighted by Gasteiger charge is 2.29. The molecule has 0 bridgehead atoms. The number of nitrogens with zero attached hydrogens (tertiary/aromatic N) is 1. The van der Waals surface area contributed by atoms with Crippen molar-refractivity contribution in [2.75, 3.05) is 13.1 Å². The maximum absolute atomic E-state index is 5.89. The van der Waals surface area contributed by atoms with E-state index in [1.54, 1.807) is 0 Å². The van der Waals surface area contributed by atoms with Crippen LogP contribution in [0.1, 0.15) is 37.6 Å². The molecule has 2 aromatic rings. The SMILES string of the molecule is CC1CCC(CN)CN1C(C)c1cc2ccccc2s1. The Kier molecular flexibility index (Phi) is 4.11. The minimum Gasteiger partial charge on any atom is -0.330 e. The smallest absolute Gasteiger partial charge is 0.0416 e. The normalized spacial score (nSPS) is 25.9. The van der Waals surface area contributed by atoms with E-state index in [9.17, 15) is 0 Å². The molecule has 0 spiro atoms. The van der Waals surface area contributed by atoms with E-state index in [4.69, 9.17) is 5.73 Å². The van der Waals surface area contributed by atoms with Crippen molar-refractivity contribution in [1.29, 1.82) is 0 Å². The summed E-state index contributed by atoms with van der Waals surface area (Å²) in [4.78, 5) is 4.13. The summed E-state index contributed by atoms with van der Waals surface area (Å²) in [5.74, 6) is 0.669. The Morgan fingerprint density at radius 2 is 2.15 bits per heavy atom. The van der Waals surface area contributed by atoms with Crippen molar-refractivity contribution in [3.8, 4) is 0 Å². The monoisotopic (exact) mass is 288 g/mol. The van der Waals surface area contributed by atoms with E-state index in [2.05, 4.69) is 49.1 Å². The van der Waals surface area contributed by atoms with Crippen molar-refractivity contribution in [3.63, 3.8) is 0 Å². The first-order valence-corrected chi connectivity index (χ1v) is 8.45. The summed E-state index contributed by atoms with van der Waals surface area (Å²) in [5, 5.41) is 1.37. The topological polar surface area (TPSA) is 29.3 Å². The lowest BCUT2D eigenvalue weighted by atomic mass is 9.92. The molecule has 2 nitrogen and oxygen atoms in total. The second-order valence-corrected chi connectivity index (χ2v) is 7.20. The summed E-state index contributed by atoms with van der Waals surface area (Å²) < 4.78 is 1.40. The molecule has 1 aliphatic heterocycles. The van der Waals surface area contributed by atoms with Crippen molar-refractivity contribution < 1.29 is 0 Å². The summed E-state index contributed by atoms with van der Waals surface area (Å²) in [6.45, 7) is 6.67. The van der Waals surface area contributed by atoms with Gasteiger partial charge >= 0.3 is 0 Å². The van der Waals surface area contributed by atoms with Crippen LogP contribution < -0.4 is 5.73 Å². The van der Waals surface area contributed by atoms with Crippen LogP contribution >= 0.6 is 11.3 Å². The third-order valence-electron chi connectivity index (χ3n) is 4.72. The van der Waals surface area contributed by atoms with Crippen LogP contribution in [0.5, 0.6) is 0 Å². The molecular weight excluding hydrogens is 264 g/mol. The van der Waals surface area contributed by atoms with E-state index in [-0.39, 0.29) is 0 Å². The predicted molar refractivity (Wildman–Crippen MR) is 88.2 cm³/mol. The Hall–Kier alpha value is -0.900. The number of piperidine rings is 1. The molecule has 1 aromatic heterocycles. The molecule has 0 amide bonds. The Labute approximate surface area is 125 Å². The van der Waals surface area contributed by atoms with Gasteiger partial charge in [-0.1, -0.05) is 18.2 Å². The first kappa shape index (κ1) is 14.1. The highest BCUT2D eigenvalue weighted by Crippen LogP contribution is 2.36. The first-order valence-electron chi connectivity index (χ1n) is 7.63. The van der Waals surface area contributed by atoms with Gasteiger partial charge in [-0.25, -0.2) is 0 Å². The third kappa shape index (κ3) is 2.62. The number of nitrogens with two attached hydrogens (primary N) is 1. The van der Waals surface area contributed by atoms with Gasteiger partial charge in [-0.3, -0.25) is 4.90 Å². The van der Waals surface area contributed by atoms with Gasteiger partial charge in [-0.05, 0) is 56.7 Å². The number of hydrogen-bond donors (Lipinski definition) is 1. The van der Waals surface area contributed by atoms with Gasteiger partial charge in [0.25, 0.3) is 0 Å². The molecule has 1 fully saturated rings. The zero-order chi connectivity index (χ0) is 14.1. The van der Waals surface area contributed by atoms with Gasteiger partial charge in [0.05, 0.1) is 0 Å². The van der Waals surface area contributed by atoms with Crippen molar-refractivity contribution >= 4 is 21.4 Å². The number of thiophene rings is 1. The van der Waals surface area contributed by atoms with Crippen molar-refractivity contribution in [1.82, 2.24) is 4.90 Å². The van der Waals surface area contributed by atoms with Crippen LogP contribution in [0.4, 0.5) is 0 Å². The molecule has 1 aliphatic rings. The van der Waals surface area contributed by atoms with Crippen molar-refractivity contribution in [3.05, 3.63) is 35.2 Å². The predicted octanol–water partition coefficient (Wildman–Crippen LogP) is 4.02. The number of rotatable bonds is 3. The fraction of sp³-hybridized carbons (Fsp3) is 0.529. The molecule has 3 atom stereocenters. The van der Waals surface area contributed by atoms with Gasteiger partial charge < -0.3 is 5.73 Å². The Balaban J connectivity index is 1.84. The quantitative estimate of drug-likeness (QED) is 0.924. The fourth-order valence-electron chi connectivity index (χ4n) is 3.32. The molecule has 1 aromatic carbocycles. The summed E-state index contributed by atoms with van der Waals surface area (Å²) >= 11 is 1.94. The number of fused-ring (bicyclic) bond motifs is 1. The largest absolute Gasteiger partial charge is 0.330 e. The second kappa shape index (κ2) is 5.84. The molecule has 108 valence electrons. The Morgan fingerprint density at radius 1 is 1.35 bits per heavy atom. The highest BCUT2D eigenvalue weighted by molar-refractivity contribution is 7.19. The van der Waals surface area contributed by atoms with Crippen molar-refractivity contribution in [2.45, 2.75) is 38.8 Å². The molecule has 2 N–H and O–H groups in total. The second-order valence-electron chi connectivity index (χ2n) is 6.09. The number of benzene rings is 1. The minimum absolute atomic E-state index is 0.497. The molecular formula is C17H24N2S. The molecule has 0 saturated carbocycles. The molecule has 2 heterocycles. The third-order valence-corrected chi connectivity index (χ3v) is 6.00. The van der Waals surface area contributed by atoms with E-state index >= 15 is 0 Å². The summed E-state index contributed by atoms with van der Waals surface area (Å²) in [6.07, 6.45) is 2.56. The Bertz CT molecular complexity index is 544. The average Bonchev–Trinajstić information content (AvgIpc) is 2.91. The van der Waals surface area contributed by atoms with E-state index in [1.165, 1.54) is 27.8 Å². The van der Waals surface area contributed by atoms with Crippen LogP contribution in [-0.2, 0) is 0 Å². The average molecular weight is 288 g/mol. The maximum Gasteiger partial charge on any atom is 0.0416 e. The zero-order valence-corrected chi connectivity index (χ0v) is 13.2. The molecule has 3 heteroatoms. The fourth-order valence-corrected chi connectivity index (χ4v) is 4.45. The molecule has 0 radical (unpaired) electrons. The lowest BCUT2D eigenvalue weighted by molar-refractivity contribution is 0.0828. The van der Waals surface area contributed by atoms with Gasteiger partial charge in [0.1, 0.15) is 0 Å². The van der Waals surface area contributed by atoms with Crippen LogP contribution in [0.2, 0.25) is 0 Å². The van der Waals surface area contributed by atoms with E-state index in [0.717, 1.165) is 13.1 Å². The first-order chi connectivity index (χ1) is 9.69. The van der Waals surface area contributed by atoms with Gasteiger partial charge in [0.15, 0.2) is 0 Å². The minimum atomic E-state index is 0.497. The number of hydrogen-bond acceptors (Lipinski definition) is 3. The van der Waals surface area contributed by atoms with E-state index in [1.807, 2.05) is 11.3 Å². The van der Waals surface area contributed by atoms with Gasteiger partial charge in [-0.15, -0.1) is 11.3 Å². The lowest BCUT2D eigenvalue weighted by Crippen LogP contribution is -2.44. The molecule has 20 heavy (non-hydrogen) atoms. The molecule has 1 saturated heterocycles. The Morgan fingerprint density at radius 3 is 2.90 bits per heavy atom. The van der Waals surface area contributed by atoms with Crippen molar-refractivity contribution in [2.24, 2.45) is 11.7 Å². The summed E-state index contributed by atoms with van der Waals surface area (Å²) in [5.41, 5.74) is 5.89. The van der Waals surface area contributed by atoms with Crippen LogP contribution in [0, 0.1) is 5.92 Å². The van der Waals surface area contributed by atoms with E-state index < -0.39 is 0 Å². The summed E-state index contributed by atoms with van der Waals surface area (Å²) in [6, 6.07) is 12.2.